The Hall–Kier alpha value is -1.33. The third-order valence-electron chi connectivity index (χ3n) is 3.89. The molecule has 1 unspecified atom stereocenters. The van der Waals surface area contributed by atoms with Crippen LogP contribution in [0.4, 0.5) is 4.39 Å². The molecule has 1 atom stereocenters. The van der Waals surface area contributed by atoms with E-state index in [2.05, 4.69) is 23.5 Å². The fourth-order valence-corrected chi connectivity index (χ4v) is 4.00. The van der Waals surface area contributed by atoms with Gasteiger partial charge in [-0.3, -0.25) is 4.68 Å². The molecule has 1 N–H and O–H groups in total. The monoisotopic (exact) mass is 305 g/mol. The van der Waals surface area contributed by atoms with Gasteiger partial charge in [-0.05, 0) is 30.2 Å². The van der Waals surface area contributed by atoms with Crippen LogP contribution in [-0.4, -0.2) is 15.5 Å². The second kappa shape index (κ2) is 6.20. The summed E-state index contributed by atoms with van der Waals surface area (Å²) in [6.45, 7) is 2.90. The van der Waals surface area contributed by atoms with Crippen molar-refractivity contribution in [3.8, 4) is 0 Å². The molecule has 0 aliphatic carbocycles. The molecule has 0 fully saturated rings. The summed E-state index contributed by atoms with van der Waals surface area (Å²) < 4.78 is 15.7. The quantitative estimate of drug-likeness (QED) is 0.938. The molecular weight excluding hydrogens is 285 g/mol. The van der Waals surface area contributed by atoms with Crippen LogP contribution in [0.5, 0.6) is 0 Å². The number of hydrogen-bond donors (Lipinski definition) is 1. The highest BCUT2D eigenvalue weighted by Gasteiger charge is 2.23. The zero-order valence-corrected chi connectivity index (χ0v) is 13.2. The molecular formula is C16H20FN3S. The first-order chi connectivity index (χ1) is 10.2. The van der Waals surface area contributed by atoms with Crippen molar-refractivity contribution in [3.05, 3.63) is 47.0 Å². The van der Waals surface area contributed by atoms with E-state index in [9.17, 15) is 4.39 Å². The Morgan fingerprint density at radius 2 is 2.33 bits per heavy atom. The number of aromatic nitrogens is 2. The molecule has 2 aromatic rings. The van der Waals surface area contributed by atoms with Gasteiger partial charge in [-0.2, -0.15) is 5.10 Å². The first-order valence-corrected chi connectivity index (χ1v) is 8.33. The first kappa shape index (κ1) is 14.6. The zero-order valence-electron chi connectivity index (χ0n) is 12.4. The lowest BCUT2D eigenvalue weighted by Gasteiger charge is -2.26. The normalized spacial score (nSPS) is 17.8. The van der Waals surface area contributed by atoms with E-state index in [1.54, 1.807) is 23.9 Å². The maximum Gasteiger partial charge on any atom is 0.137 e. The third kappa shape index (κ3) is 2.99. The van der Waals surface area contributed by atoms with Gasteiger partial charge in [-0.25, -0.2) is 4.39 Å². The van der Waals surface area contributed by atoms with Crippen LogP contribution in [0.25, 0.3) is 0 Å². The Labute approximate surface area is 128 Å². The molecule has 0 saturated heterocycles. The van der Waals surface area contributed by atoms with E-state index < -0.39 is 0 Å². The molecule has 21 heavy (non-hydrogen) atoms. The van der Waals surface area contributed by atoms with Gasteiger partial charge in [-0.1, -0.05) is 19.1 Å². The van der Waals surface area contributed by atoms with E-state index in [-0.39, 0.29) is 11.9 Å². The van der Waals surface area contributed by atoms with Crippen molar-refractivity contribution < 1.29 is 4.39 Å². The van der Waals surface area contributed by atoms with Gasteiger partial charge in [0.25, 0.3) is 0 Å². The molecule has 0 saturated carbocycles. The van der Waals surface area contributed by atoms with Crippen LogP contribution in [0.1, 0.15) is 36.2 Å². The molecule has 1 aliphatic heterocycles. The van der Waals surface area contributed by atoms with Crippen molar-refractivity contribution in [2.75, 3.05) is 5.75 Å². The summed E-state index contributed by atoms with van der Waals surface area (Å²) in [6, 6.07) is 5.61. The smallest absolute Gasteiger partial charge is 0.137 e. The Balaban J connectivity index is 1.76. The van der Waals surface area contributed by atoms with Crippen molar-refractivity contribution in [1.82, 2.24) is 15.1 Å². The Bertz CT molecular complexity index is 638. The van der Waals surface area contributed by atoms with E-state index >= 15 is 0 Å². The van der Waals surface area contributed by atoms with Crippen molar-refractivity contribution in [2.24, 2.45) is 7.05 Å². The number of halogens is 1. The molecule has 0 bridgehead atoms. The van der Waals surface area contributed by atoms with Crippen molar-refractivity contribution >= 4 is 11.8 Å². The summed E-state index contributed by atoms with van der Waals surface area (Å²) in [6.07, 6.45) is 4.03. The Morgan fingerprint density at radius 3 is 3.14 bits per heavy atom. The second-order valence-electron chi connectivity index (χ2n) is 5.36. The SMILES string of the molecule is CCc1nn(C)cc1CNC1CCSc2c(F)cccc21. The number of nitrogens with zero attached hydrogens (tertiary/aromatic N) is 2. The molecule has 0 spiro atoms. The van der Waals surface area contributed by atoms with Crippen LogP contribution < -0.4 is 5.32 Å². The number of hydrogen-bond acceptors (Lipinski definition) is 3. The van der Waals surface area contributed by atoms with Crippen LogP contribution in [0.3, 0.4) is 0 Å². The molecule has 0 amide bonds. The van der Waals surface area contributed by atoms with E-state index in [1.165, 1.54) is 5.56 Å². The minimum atomic E-state index is -0.0976. The van der Waals surface area contributed by atoms with E-state index in [0.29, 0.717) is 0 Å². The third-order valence-corrected chi connectivity index (χ3v) is 5.05. The molecule has 1 aromatic carbocycles. The van der Waals surface area contributed by atoms with E-state index in [0.717, 1.165) is 41.3 Å². The number of rotatable bonds is 4. The molecule has 3 rings (SSSR count). The fraction of sp³-hybridized carbons (Fsp3) is 0.438. The highest BCUT2D eigenvalue weighted by Crippen LogP contribution is 2.37. The topological polar surface area (TPSA) is 29.9 Å². The molecule has 112 valence electrons. The standard InChI is InChI=1S/C16H20FN3S/c1-3-14-11(10-20(2)19-14)9-18-15-7-8-21-16-12(15)5-4-6-13(16)17/h4-6,10,15,18H,3,7-9H2,1-2H3. The number of fused-ring (bicyclic) bond motifs is 1. The minimum absolute atomic E-state index is 0.0976. The van der Waals surface area contributed by atoms with Gasteiger partial charge in [0.2, 0.25) is 0 Å². The molecule has 1 aromatic heterocycles. The van der Waals surface area contributed by atoms with Crippen molar-refractivity contribution in [2.45, 2.75) is 37.2 Å². The average Bonchev–Trinajstić information content (AvgIpc) is 2.86. The Morgan fingerprint density at radius 1 is 1.48 bits per heavy atom. The average molecular weight is 305 g/mol. The summed E-state index contributed by atoms with van der Waals surface area (Å²) in [5.41, 5.74) is 3.46. The highest BCUT2D eigenvalue weighted by atomic mass is 32.2. The van der Waals surface area contributed by atoms with E-state index in [1.807, 2.05) is 17.8 Å². The molecule has 1 aliphatic rings. The molecule has 2 heterocycles. The second-order valence-corrected chi connectivity index (χ2v) is 6.46. The minimum Gasteiger partial charge on any atom is -0.306 e. The molecule has 0 radical (unpaired) electrons. The fourth-order valence-electron chi connectivity index (χ4n) is 2.86. The predicted molar refractivity (Wildman–Crippen MR) is 83.9 cm³/mol. The van der Waals surface area contributed by atoms with Gasteiger partial charge in [0, 0.05) is 36.3 Å². The molecule has 3 nitrogen and oxygen atoms in total. The lowest BCUT2D eigenvalue weighted by atomic mass is 10.0. The Kier molecular flexibility index (Phi) is 4.31. The summed E-state index contributed by atoms with van der Waals surface area (Å²) in [7, 11) is 1.95. The largest absolute Gasteiger partial charge is 0.306 e. The summed E-state index contributed by atoms with van der Waals surface area (Å²) >= 11 is 1.62. The van der Waals surface area contributed by atoms with Gasteiger partial charge in [0.15, 0.2) is 0 Å². The van der Waals surface area contributed by atoms with Crippen LogP contribution >= 0.6 is 11.8 Å². The van der Waals surface area contributed by atoms with Crippen molar-refractivity contribution in [1.29, 1.82) is 0 Å². The number of nitrogens with one attached hydrogen (secondary N) is 1. The number of thioether (sulfide) groups is 1. The van der Waals surface area contributed by atoms with Crippen LogP contribution in [0.2, 0.25) is 0 Å². The van der Waals surface area contributed by atoms with Crippen LogP contribution in [-0.2, 0) is 20.0 Å². The summed E-state index contributed by atoms with van der Waals surface area (Å²) in [5, 5.41) is 8.04. The van der Waals surface area contributed by atoms with Gasteiger partial charge < -0.3 is 5.32 Å². The van der Waals surface area contributed by atoms with Gasteiger partial charge >= 0.3 is 0 Å². The number of benzene rings is 1. The highest BCUT2D eigenvalue weighted by molar-refractivity contribution is 7.99. The summed E-state index contributed by atoms with van der Waals surface area (Å²) in [5.74, 6) is 0.860. The first-order valence-electron chi connectivity index (χ1n) is 7.35. The van der Waals surface area contributed by atoms with Gasteiger partial charge in [0.1, 0.15) is 5.82 Å². The zero-order chi connectivity index (χ0) is 14.8. The van der Waals surface area contributed by atoms with Crippen molar-refractivity contribution in [3.63, 3.8) is 0 Å². The maximum atomic E-state index is 13.9. The number of aryl methyl sites for hydroxylation is 2. The predicted octanol–water partition coefficient (Wildman–Crippen LogP) is 3.45. The molecule has 5 heteroatoms. The lowest BCUT2D eigenvalue weighted by molar-refractivity contribution is 0.495. The van der Waals surface area contributed by atoms with E-state index in [4.69, 9.17) is 0 Å². The maximum absolute atomic E-state index is 13.9. The lowest BCUT2D eigenvalue weighted by Crippen LogP contribution is -2.24. The van der Waals surface area contributed by atoms with Crippen LogP contribution in [0.15, 0.2) is 29.3 Å². The summed E-state index contributed by atoms with van der Waals surface area (Å²) in [4.78, 5) is 0.808. The van der Waals surface area contributed by atoms with Crippen LogP contribution in [0, 0.1) is 5.82 Å². The van der Waals surface area contributed by atoms with Gasteiger partial charge in [-0.15, -0.1) is 11.8 Å². The van der Waals surface area contributed by atoms with Gasteiger partial charge in [0.05, 0.1) is 5.69 Å².